The lowest BCUT2D eigenvalue weighted by molar-refractivity contribution is 0.199. The molecule has 0 spiro atoms. The Morgan fingerprint density at radius 3 is 2.93 bits per heavy atom. The van der Waals surface area contributed by atoms with Crippen molar-refractivity contribution in [2.24, 2.45) is 0 Å². The maximum atomic E-state index is 5.11. The number of nitrogens with zero attached hydrogens (tertiary/aromatic N) is 2. The Bertz CT molecular complexity index is 275. The summed E-state index contributed by atoms with van der Waals surface area (Å²) in [7, 11) is 1.66. The molecule has 0 amide bonds. The van der Waals surface area contributed by atoms with E-state index in [-0.39, 0.29) is 12.4 Å². The van der Waals surface area contributed by atoms with Gasteiger partial charge in [-0.15, -0.1) is 12.4 Å². The topological polar surface area (TPSA) is 60.2 Å². The highest BCUT2D eigenvalue weighted by Gasteiger charge is 2.24. The minimum absolute atomic E-state index is 0. The first-order valence-corrected chi connectivity index (χ1v) is 4.42. The third-order valence-corrected chi connectivity index (χ3v) is 2.14. The quantitative estimate of drug-likeness (QED) is 0.793. The van der Waals surface area contributed by atoms with E-state index >= 15 is 0 Å². The SMILES string of the molecule is COCCc1noc(C2CNC2)n1.Cl. The van der Waals surface area contributed by atoms with E-state index in [1.807, 2.05) is 0 Å². The summed E-state index contributed by atoms with van der Waals surface area (Å²) < 4.78 is 10.0. The fourth-order valence-electron chi connectivity index (χ4n) is 1.19. The maximum absolute atomic E-state index is 5.11. The first kappa shape index (κ1) is 11.4. The molecule has 0 bridgehead atoms. The highest BCUT2D eigenvalue weighted by molar-refractivity contribution is 5.85. The van der Waals surface area contributed by atoms with Crippen LogP contribution in [-0.2, 0) is 11.2 Å². The molecule has 1 aromatic rings. The second kappa shape index (κ2) is 5.29. The molecular weight excluding hydrogens is 206 g/mol. The van der Waals surface area contributed by atoms with Crippen LogP contribution < -0.4 is 5.32 Å². The number of halogens is 1. The van der Waals surface area contributed by atoms with Crippen LogP contribution in [-0.4, -0.2) is 36.9 Å². The van der Waals surface area contributed by atoms with E-state index in [9.17, 15) is 0 Å². The van der Waals surface area contributed by atoms with Gasteiger partial charge in [-0.3, -0.25) is 0 Å². The number of rotatable bonds is 4. The summed E-state index contributed by atoms with van der Waals surface area (Å²) in [5, 5.41) is 7.02. The van der Waals surface area contributed by atoms with E-state index in [4.69, 9.17) is 9.26 Å². The molecule has 5 nitrogen and oxygen atoms in total. The van der Waals surface area contributed by atoms with Gasteiger partial charge in [-0.05, 0) is 0 Å². The molecule has 0 unspecified atom stereocenters. The van der Waals surface area contributed by atoms with Crippen molar-refractivity contribution < 1.29 is 9.26 Å². The Labute approximate surface area is 88.6 Å². The monoisotopic (exact) mass is 219 g/mol. The summed E-state index contributed by atoms with van der Waals surface area (Å²) in [5.74, 6) is 1.91. The van der Waals surface area contributed by atoms with Crippen molar-refractivity contribution in [1.82, 2.24) is 15.5 Å². The fourth-order valence-corrected chi connectivity index (χ4v) is 1.19. The van der Waals surface area contributed by atoms with Crippen molar-refractivity contribution in [2.45, 2.75) is 12.3 Å². The Hall–Kier alpha value is -0.650. The van der Waals surface area contributed by atoms with E-state index in [2.05, 4.69) is 15.5 Å². The van der Waals surface area contributed by atoms with Gasteiger partial charge in [0.1, 0.15) is 0 Å². The summed E-state index contributed by atoms with van der Waals surface area (Å²) >= 11 is 0. The van der Waals surface area contributed by atoms with Crippen LogP contribution in [0.3, 0.4) is 0 Å². The number of methoxy groups -OCH3 is 1. The second-order valence-corrected chi connectivity index (χ2v) is 3.15. The molecule has 1 fully saturated rings. The number of hydrogen-bond acceptors (Lipinski definition) is 5. The van der Waals surface area contributed by atoms with Gasteiger partial charge in [-0.1, -0.05) is 5.16 Å². The van der Waals surface area contributed by atoms with E-state index in [0.29, 0.717) is 12.5 Å². The molecule has 1 aromatic heterocycles. The molecule has 2 rings (SSSR count). The van der Waals surface area contributed by atoms with E-state index in [1.165, 1.54) is 0 Å². The molecular formula is C8H14ClN3O2. The minimum atomic E-state index is 0. The predicted octanol–water partition coefficient (Wildman–Crippen LogP) is 0.367. The molecule has 1 N–H and O–H groups in total. The normalized spacial score (nSPS) is 16.1. The van der Waals surface area contributed by atoms with Crippen molar-refractivity contribution in [3.8, 4) is 0 Å². The van der Waals surface area contributed by atoms with Crippen LogP contribution in [0.4, 0.5) is 0 Å². The lowest BCUT2D eigenvalue weighted by atomic mass is 10.0. The summed E-state index contributed by atoms with van der Waals surface area (Å²) in [4.78, 5) is 4.27. The third-order valence-electron chi connectivity index (χ3n) is 2.14. The Balaban J connectivity index is 0.000000980. The van der Waals surface area contributed by atoms with Gasteiger partial charge in [0.2, 0.25) is 5.89 Å². The van der Waals surface area contributed by atoms with Crippen molar-refractivity contribution in [1.29, 1.82) is 0 Å². The lowest BCUT2D eigenvalue weighted by Crippen LogP contribution is -2.40. The van der Waals surface area contributed by atoms with Crippen LogP contribution in [0, 0.1) is 0 Å². The zero-order valence-electron chi connectivity index (χ0n) is 8.02. The van der Waals surface area contributed by atoms with Crippen LogP contribution in [0.15, 0.2) is 4.52 Å². The smallest absolute Gasteiger partial charge is 0.232 e. The molecule has 2 heterocycles. The van der Waals surface area contributed by atoms with Crippen molar-refractivity contribution in [2.75, 3.05) is 26.8 Å². The van der Waals surface area contributed by atoms with Crippen LogP contribution in [0.5, 0.6) is 0 Å². The Morgan fingerprint density at radius 2 is 2.36 bits per heavy atom. The van der Waals surface area contributed by atoms with Gasteiger partial charge in [-0.2, -0.15) is 4.98 Å². The van der Waals surface area contributed by atoms with Crippen LogP contribution >= 0.6 is 12.4 Å². The number of nitrogens with one attached hydrogen (secondary N) is 1. The number of ether oxygens (including phenoxy) is 1. The molecule has 6 heteroatoms. The molecule has 80 valence electrons. The second-order valence-electron chi connectivity index (χ2n) is 3.15. The lowest BCUT2D eigenvalue weighted by Gasteiger charge is -2.22. The maximum Gasteiger partial charge on any atom is 0.232 e. The summed E-state index contributed by atoms with van der Waals surface area (Å²) in [6.45, 7) is 2.54. The van der Waals surface area contributed by atoms with Crippen LogP contribution in [0.25, 0.3) is 0 Å². The largest absolute Gasteiger partial charge is 0.384 e. The first-order valence-electron chi connectivity index (χ1n) is 4.42. The van der Waals surface area contributed by atoms with Gasteiger partial charge in [0.25, 0.3) is 0 Å². The van der Waals surface area contributed by atoms with Gasteiger partial charge in [0, 0.05) is 26.6 Å². The zero-order valence-corrected chi connectivity index (χ0v) is 8.84. The molecule has 0 aromatic carbocycles. The Morgan fingerprint density at radius 1 is 1.57 bits per heavy atom. The van der Waals surface area contributed by atoms with E-state index in [1.54, 1.807) is 7.11 Å². The van der Waals surface area contributed by atoms with Gasteiger partial charge in [0.15, 0.2) is 5.82 Å². The molecule has 0 radical (unpaired) electrons. The molecule has 1 aliphatic rings. The summed E-state index contributed by atoms with van der Waals surface area (Å²) in [5.41, 5.74) is 0. The van der Waals surface area contributed by atoms with Gasteiger partial charge in [-0.25, -0.2) is 0 Å². The van der Waals surface area contributed by atoms with E-state index in [0.717, 1.165) is 31.2 Å². The van der Waals surface area contributed by atoms with Crippen molar-refractivity contribution in [3.63, 3.8) is 0 Å². The third kappa shape index (κ3) is 2.43. The average Bonchev–Trinajstić information content (AvgIpc) is 2.46. The molecule has 1 saturated heterocycles. The van der Waals surface area contributed by atoms with E-state index < -0.39 is 0 Å². The number of aromatic nitrogens is 2. The standard InChI is InChI=1S/C8H13N3O2.ClH/c1-12-3-2-7-10-8(13-11-7)6-4-9-5-6;/h6,9H,2-5H2,1H3;1H. The first-order chi connectivity index (χ1) is 6.40. The van der Waals surface area contributed by atoms with Crippen LogP contribution in [0.2, 0.25) is 0 Å². The molecule has 14 heavy (non-hydrogen) atoms. The highest BCUT2D eigenvalue weighted by Crippen LogP contribution is 2.17. The zero-order chi connectivity index (χ0) is 9.10. The van der Waals surface area contributed by atoms with Gasteiger partial charge >= 0.3 is 0 Å². The summed E-state index contributed by atoms with van der Waals surface area (Å²) in [6, 6.07) is 0. The summed E-state index contributed by atoms with van der Waals surface area (Å²) in [6.07, 6.45) is 0.722. The minimum Gasteiger partial charge on any atom is -0.384 e. The number of hydrogen-bond donors (Lipinski definition) is 1. The average molecular weight is 220 g/mol. The molecule has 0 atom stereocenters. The molecule has 1 aliphatic heterocycles. The highest BCUT2D eigenvalue weighted by atomic mass is 35.5. The molecule has 0 saturated carbocycles. The van der Waals surface area contributed by atoms with Gasteiger partial charge < -0.3 is 14.6 Å². The van der Waals surface area contributed by atoms with Crippen molar-refractivity contribution >= 4 is 12.4 Å². The Kier molecular flexibility index (Phi) is 4.31. The van der Waals surface area contributed by atoms with Crippen LogP contribution in [0.1, 0.15) is 17.6 Å². The molecule has 0 aliphatic carbocycles. The van der Waals surface area contributed by atoms with Crippen molar-refractivity contribution in [3.05, 3.63) is 11.7 Å². The predicted molar refractivity (Wildman–Crippen MR) is 52.7 cm³/mol. The fraction of sp³-hybridized carbons (Fsp3) is 0.750. The van der Waals surface area contributed by atoms with Gasteiger partial charge in [0.05, 0.1) is 12.5 Å².